The van der Waals surface area contributed by atoms with Gasteiger partial charge < -0.3 is 14.2 Å². The molecule has 0 spiro atoms. The molecule has 3 aromatic heterocycles. The molecule has 1 aromatic carbocycles. The van der Waals surface area contributed by atoms with Crippen molar-refractivity contribution in [3.8, 4) is 5.75 Å². The first-order valence-corrected chi connectivity index (χ1v) is 12.4. The van der Waals surface area contributed by atoms with Crippen LogP contribution in [0.15, 0.2) is 59.5 Å². The lowest BCUT2D eigenvalue weighted by Gasteiger charge is -2.35. The highest BCUT2D eigenvalue weighted by molar-refractivity contribution is 5.97. The lowest BCUT2D eigenvalue weighted by atomic mass is 9.91. The molecule has 1 N–H and O–H groups in total. The second-order valence-corrected chi connectivity index (χ2v) is 9.90. The number of methoxy groups -OCH3 is 1. The van der Waals surface area contributed by atoms with E-state index in [1.807, 2.05) is 35.2 Å². The molecule has 36 heavy (non-hydrogen) atoms. The molecule has 4 aromatic rings. The van der Waals surface area contributed by atoms with Crippen molar-refractivity contribution in [1.29, 1.82) is 5.41 Å². The monoisotopic (exact) mass is 485 g/mol. The third-order valence-corrected chi connectivity index (χ3v) is 6.99. The van der Waals surface area contributed by atoms with E-state index < -0.39 is 0 Å². The molecule has 8 nitrogen and oxygen atoms in total. The van der Waals surface area contributed by atoms with Crippen molar-refractivity contribution in [3.05, 3.63) is 81.7 Å². The molecule has 5 rings (SSSR count). The van der Waals surface area contributed by atoms with Gasteiger partial charge in [0.05, 0.1) is 18.1 Å². The highest BCUT2D eigenvalue weighted by Gasteiger charge is 2.28. The number of aromatic nitrogens is 3. The lowest BCUT2D eigenvalue weighted by Crippen LogP contribution is -2.45. The maximum atomic E-state index is 13.7. The number of benzene rings is 1. The predicted octanol–water partition coefficient (Wildman–Crippen LogP) is 3.50. The normalized spacial score (nSPS) is 18.0. The molecule has 4 heterocycles. The van der Waals surface area contributed by atoms with E-state index in [1.165, 1.54) is 4.40 Å². The number of fused-ring (bicyclic) bond motifs is 2. The molecule has 186 valence electrons. The topological polar surface area (TPSA) is 92.7 Å². The van der Waals surface area contributed by atoms with Crippen LogP contribution in [-0.4, -0.2) is 45.0 Å². The maximum Gasteiger partial charge on any atom is 0.267 e. The van der Waals surface area contributed by atoms with Crippen LogP contribution in [0, 0.1) is 17.2 Å². The second-order valence-electron chi connectivity index (χ2n) is 9.90. The summed E-state index contributed by atoms with van der Waals surface area (Å²) in [5.41, 5.74) is 2.06. The molecule has 0 radical (unpaired) electrons. The van der Waals surface area contributed by atoms with Crippen molar-refractivity contribution < 1.29 is 9.53 Å². The number of piperidine rings is 1. The smallest absolute Gasteiger partial charge is 0.267 e. The van der Waals surface area contributed by atoms with Gasteiger partial charge in [-0.1, -0.05) is 32.0 Å². The van der Waals surface area contributed by atoms with Crippen LogP contribution in [0.1, 0.15) is 36.2 Å². The molecule has 0 bridgehead atoms. The zero-order valence-corrected chi connectivity index (χ0v) is 20.9. The number of nitrogens with one attached hydrogen (secondary N) is 1. The third-order valence-electron chi connectivity index (χ3n) is 6.99. The summed E-state index contributed by atoms with van der Waals surface area (Å²) < 4.78 is 8.44. The van der Waals surface area contributed by atoms with Crippen LogP contribution in [-0.2, 0) is 13.0 Å². The predicted molar refractivity (Wildman–Crippen MR) is 138 cm³/mol. The van der Waals surface area contributed by atoms with Gasteiger partial charge in [-0.3, -0.25) is 19.4 Å². The Morgan fingerprint density at radius 3 is 2.53 bits per heavy atom. The first kappa shape index (κ1) is 23.8. The number of likely N-dealkylation sites (tertiary alicyclic amines) is 1. The highest BCUT2D eigenvalue weighted by atomic mass is 16.5. The Balaban J connectivity index is 1.64. The van der Waals surface area contributed by atoms with Gasteiger partial charge in [0, 0.05) is 25.8 Å². The van der Waals surface area contributed by atoms with Gasteiger partial charge in [-0.05, 0) is 60.6 Å². The minimum Gasteiger partial charge on any atom is -0.497 e. The van der Waals surface area contributed by atoms with Crippen LogP contribution >= 0.6 is 0 Å². The molecule has 1 fully saturated rings. The van der Waals surface area contributed by atoms with Gasteiger partial charge in [0.2, 0.25) is 0 Å². The third kappa shape index (κ3) is 4.39. The van der Waals surface area contributed by atoms with Crippen LogP contribution < -0.4 is 15.8 Å². The first-order valence-electron chi connectivity index (χ1n) is 12.4. The van der Waals surface area contributed by atoms with Gasteiger partial charge in [-0.25, -0.2) is 4.98 Å². The molecule has 1 amide bonds. The van der Waals surface area contributed by atoms with Crippen LogP contribution in [0.25, 0.3) is 16.7 Å². The van der Waals surface area contributed by atoms with Crippen LogP contribution in [0.5, 0.6) is 5.75 Å². The fourth-order valence-corrected chi connectivity index (χ4v) is 5.30. The van der Waals surface area contributed by atoms with Crippen molar-refractivity contribution in [1.82, 2.24) is 18.9 Å². The van der Waals surface area contributed by atoms with Gasteiger partial charge in [0.25, 0.3) is 11.5 Å². The van der Waals surface area contributed by atoms with E-state index in [2.05, 4.69) is 13.8 Å². The van der Waals surface area contributed by atoms with Crippen molar-refractivity contribution >= 4 is 22.6 Å². The van der Waals surface area contributed by atoms with Gasteiger partial charge in [-0.15, -0.1) is 0 Å². The highest BCUT2D eigenvalue weighted by Crippen LogP contribution is 2.23. The minimum atomic E-state index is -0.247. The average Bonchev–Trinajstić information content (AvgIpc) is 2.87. The number of carbonyl (C=O) groups is 1. The van der Waals surface area contributed by atoms with Gasteiger partial charge in [-0.2, -0.15) is 0 Å². The fourth-order valence-electron chi connectivity index (χ4n) is 5.30. The molecule has 2 unspecified atom stereocenters. The van der Waals surface area contributed by atoms with Crippen LogP contribution in [0.4, 0.5) is 0 Å². The second kappa shape index (κ2) is 9.60. The molecule has 2 atom stereocenters. The molecule has 8 heteroatoms. The standard InChI is InChI=1S/C28H31N5O3/c1-18-14-19(2)17-31(16-18)27(34)22-15-23-26(30-24-6-4-5-12-32(24)28(23)35)33(25(22)29)13-11-20-7-9-21(36-3)10-8-20/h4-10,12,15,18-19,29H,11,13-14,16-17H2,1-3H3. The summed E-state index contributed by atoms with van der Waals surface area (Å²) in [6, 6.07) is 14.7. The van der Waals surface area contributed by atoms with Gasteiger partial charge >= 0.3 is 0 Å². The van der Waals surface area contributed by atoms with E-state index in [-0.39, 0.29) is 22.5 Å². The maximum absolute atomic E-state index is 13.7. The molecular weight excluding hydrogens is 454 g/mol. The Bertz CT molecular complexity index is 1540. The Morgan fingerprint density at radius 1 is 1.11 bits per heavy atom. The minimum absolute atomic E-state index is 0.0825. The van der Waals surface area contributed by atoms with Crippen LogP contribution in [0.3, 0.4) is 0 Å². The largest absolute Gasteiger partial charge is 0.497 e. The van der Waals surface area contributed by atoms with Crippen molar-refractivity contribution in [3.63, 3.8) is 0 Å². The molecule has 1 saturated heterocycles. The Kier molecular flexibility index (Phi) is 6.35. The number of carbonyl (C=O) groups excluding carboxylic acids is 1. The van der Waals surface area contributed by atoms with E-state index in [4.69, 9.17) is 15.1 Å². The van der Waals surface area contributed by atoms with Crippen LogP contribution in [0.2, 0.25) is 0 Å². The summed E-state index contributed by atoms with van der Waals surface area (Å²) in [5.74, 6) is 1.37. The van der Waals surface area contributed by atoms with Gasteiger partial charge in [0.15, 0.2) is 0 Å². The average molecular weight is 486 g/mol. The molecule has 1 aliphatic rings. The van der Waals surface area contributed by atoms with Crippen molar-refractivity contribution in [2.75, 3.05) is 20.2 Å². The first-order chi connectivity index (χ1) is 17.4. The number of hydrogen-bond acceptors (Lipinski definition) is 5. The molecule has 0 aliphatic carbocycles. The molecule has 0 saturated carbocycles. The van der Waals surface area contributed by atoms with E-state index in [1.54, 1.807) is 36.1 Å². The van der Waals surface area contributed by atoms with E-state index >= 15 is 0 Å². The Morgan fingerprint density at radius 2 is 1.83 bits per heavy atom. The summed E-state index contributed by atoms with van der Waals surface area (Å²) in [6.45, 7) is 6.01. The van der Waals surface area contributed by atoms with E-state index in [9.17, 15) is 9.59 Å². The SMILES string of the molecule is COc1ccc(CCn2c(=N)c(C(=O)N3CC(C)CC(C)C3)cc3c(=O)n4ccccc4nc32)cc1. The number of pyridine rings is 2. The number of ether oxygens (including phenoxy) is 1. The summed E-state index contributed by atoms with van der Waals surface area (Å²) in [7, 11) is 1.63. The number of rotatable bonds is 5. The number of hydrogen-bond donors (Lipinski definition) is 1. The zero-order valence-electron chi connectivity index (χ0n) is 20.9. The van der Waals surface area contributed by atoms with E-state index in [0.29, 0.717) is 54.6 Å². The number of aryl methyl sites for hydroxylation is 2. The zero-order chi connectivity index (χ0) is 25.4. The Hall–Kier alpha value is -3.94. The fraction of sp³-hybridized carbons (Fsp3) is 0.357. The summed E-state index contributed by atoms with van der Waals surface area (Å²) in [5, 5.41) is 9.37. The summed E-state index contributed by atoms with van der Waals surface area (Å²) in [4.78, 5) is 33.7. The number of nitrogens with zero attached hydrogens (tertiary/aromatic N) is 4. The lowest BCUT2D eigenvalue weighted by molar-refractivity contribution is 0.0620. The molecular formula is C28H31N5O3. The molecule has 1 aliphatic heterocycles. The quantitative estimate of drug-likeness (QED) is 0.438. The number of amides is 1. The summed E-state index contributed by atoms with van der Waals surface area (Å²) in [6.07, 6.45) is 3.37. The Labute approximate surface area is 209 Å². The summed E-state index contributed by atoms with van der Waals surface area (Å²) >= 11 is 0. The van der Waals surface area contributed by atoms with Crippen molar-refractivity contribution in [2.45, 2.75) is 33.2 Å². The van der Waals surface area contributed by atoms with Crippen molar-refractivity contribution in [2.24, 2.45) is 11.8 Å². The van der Waals surface area contributed by atoms with Gasteiger partial charge in [0.1, 0.15) is 22.5 Å². The van der Waals surface area contributed by atoms with E-state index in [0.717, 1.165) is 17.7 Å².